The second kappa shape index (κ2) is 5.95. The molecule has 8 heteroatoms. The van der Waals surface area contributed by atoms with Crippen LogP contribution in [0.2, 0.25) is 0 Å². The minimum Gasteiger partial charge on any atom is -0.459 e. The molecule has 3 aromatic heterocycles. The predicted octanol–water partition coefficient (Wildman–Crippen LogP) is 1.35. The second-order valence-electron chi connectivity index (χ2n) is 6.10. The van der Waals surface area contributed by atoms with Crippen LogP contribution in [0.4, 0.5) is 0 Å². The van der Waals surface area contributed by atoms with E-state index >= 15 is 0 Å². The molecule has 24 heavy (non-hydrogen) atoms. The van der Waals surface area contributed by atoms with E-state index in [9.17, 15) is 4.79 Å². The molecule has 1 aliphatic heterocycles. The molecule has 3 aromatic rings. The van der Waals surface area contributed by atoms with Crippen LogP contribution in [0, 0.1) is 12.8 Å². The van der Waals surface area contributed by atoms with Crippen LogP contribution < -0.4 is 0 Å². The van der Waals surface area contributed by atoms with E-state index in [0.29, 0.717) is 25.4 Å². The van der Waals surface area contributed by atoms with Gasteiger partial charge in [-0.05, 0) is 13.0 Å². The zero-order valence-corrected chi connectivity index (χ0v) is 13.4. The molecule has 8 nitrogen and oxygen atoms in total. The van der Waals surface area contributed by atoms with Crippen molar-refractivity contribution in [2.75, 3.05) is 6.54 Å². The lowest BCUT2D eigenvalue weighted by molar-refractivity contribution is 0.0679. The number of carbonyl (C=O) groups excluding carboxylic acids is 1. The Morgan fingerprint density at radius 1 is 1.42 bits per heavy atom. The topological polar surface area (TPSA) is 82.0 Å². The molecule has 0 saturated heterocycles. The first-order chi connectivity index (χ1) is 11.7. The van der Waals surface area contributed by atoms with Gasteiger partial charge in [-0.2, -0.15) is 5.10 Å². The molecule has 1 amide bonds. The Bertz CT molecular complexity index is 835. The first kappa shape index (κ1) is 14.7. The SMILES string of the molecule is Cc1ccoc1C(=O)N1Cc2nccn2C[C@H](Cn2cncn2)C1. The van der Waals surface area contributed by atoms with Crippen molar-refractivity contribution in [2.24, 2.45) is 5.92 Å². The van der Waals surface area contributed by atoms with E-state index in [4.69, 9.17) is 4.42 Å². The molecule has 4 heterocycles. The van der Waals surface area contributed by atoms with Crippen LogP contribution in [0.15, 0.2) is 41.8 Å². The molecule has 0 unspecified atom stereocenters. The van der Waals surface area contributed by atoms with E-state index in [1.165, 1.54) is 6.33 Å². The highest BCUT2D eigenvalue weighted by molar-refractivity contribution is 5.92. The molecule has 0 N–H and O–H groups in total. The van der Waals surface area contributed by atoms with Crippen LogP contribution in [0.5, 0.6) is 0 Å². The molecule has 1 atom stereocenters. The normalized spacial score (nSPS) is 17.5. The highest BCUT2D eigenvalue weighted by Gasteiger charge is 2.28. The van der Waals surface area contributed by atoms with E-state index < -0.39 is 0 Å². The zero-order chi connectivity index (χ0) is 16.5. The monoisotopic (exact) mass is 326 g/mol. The van der Waals surface area contributed by atoms with Crippen LogP contribution >= 0.6 is 0 Å². The van der Waals surface area contributed by atoms with Crippen LogP contribution in [-0.2, 0) is 19.6 Å². The highest BCUT2D eigenvalue weighted by Crippen LogP contribution is 2.20. The summed E-state index contributed by atoms with van der Waals surface area (Å²) in [6, 6.07) is 1.80. The molecular weight excluding hydrogens is 308 g/mol. The third kappa shape index (κ3) is 2.70. The Balaban J connectivity index is 1.61. The average molecular weight is 326 g/mol. The van der Waals surface area contributed by atoms with Gasteiger partial charge in [-0.25, -0.2) is 9.97 Å². The number of fused-ring (bicyclic) bond motifs is 1. The third-order valence-electron chi connectivity index (χ3n) is 4.32. The maximum atomic E-state index is 12.9. The zero-order valence-electron chi connectivity index (χ0n) is 13.4. The van der Waals surface area contributed by atoms with Crippen LogP contribution in [0.25, 0.3) is 0 Å². The number of imidazole rings is 1. The van der Waals surface area contributed by atoms with Gasteiger partial charge in [0, 0.05) is 43.5 Å². The van der Waals surface area contributed by atoms with E-state index in [1.807, 2.05) is 13.1 Å². The van der Waals surface area contributed by atoms with Gasteiger partial charge in [0.05, 0.1) is 12.8 Å². The summed E-state index contributed by atoms with van der Waals surface area (Å²) in [5.41, 5.74) is 0.848. The Morgan fingerprint density at radius 2 is 2.33 bits per heavy atom. The fourth-order valence-corrected chi connectivity index (χ4v) is 3.14. The largest absolute Gasteiger partial charge is 0.459 e. The van der Waals surface area contributed by atoms with Crippen LogP contribution in [0.3, 0.4) is 0 Å². The van der Waals surface area contributed by atoms with Gasteiger partial charge < -0.3 is 13.9 Å². The summed E-state index contributed by atoms with van der Waals surface area (Å²) in [6.07, 6.45) is 8.50. The predicted molar refractivity (Wildman–Crippen MR) is 83.9 cm³/mol. The molecule has 0 fully saturated rings. The van der Waals surface area contributed by atoms with Crippen LogP contribution in [-0.4, -0.2) is 41.7 Å². The number of hydrogen-bond acceptors (Lipinski definition) is 5. The fourth-order valence-electron chi connectivity index (χ4n) is 3.14. The van der Waals surface area contributed by atoms with Gasteiger partial charge in [0.25, 0.3) is 5.91 Å². The molecule has 4 rings (SSSR count). The van der Waals surface area contributed by atoms with Gasteiger partial charge in [-0.3, -0.25) is 9.48 Å². The molecule has 0 saturated carbocycles. The van der Waals surface area contributed by atoms with Gasteiger partial charge in [0.15, 0.2) is 5.76 Å². The van der Waals surface area contributed by atoms with Gasteiger partial charge in [0.1, 0.15) is 18.5 Å². The number of furan rings is 1. The molecule has 0 spiro atoms. The Hall–Kier alpha value is -2.90. The minimum atomic E-state index is -0.0995. The number of nitrogens with zero attached hydrogens (tertiary/aromatic N) is 6. The summed E-state index contributed by atoms with van der Waals surface area (Å²) in [7, 11) is 0. The number of amides is 1. The molecule has 0 bridgehead atoms. The Kier molecular flexibility index (Phi) is 3.64. The van der Waals surface area contributed by atoms with Gasteiger partial charge in [0.2, 0.25) is 0 Å². The number of aromatic nitrogens is 5. The maximum absolute atomic E-state index is 12.9. The quantitative estimate of drug-likeness (QED) is 0.725. The summed E-state index contributed by atoms with van der Waals surface area (Å²) in [5, 5.41) is 4.18. The smallest absolute Gasteiger partial charge is 0.290 e. The fraction of sp³-hybridized carbons (Fsp3) is 0.375. The average Bonchev–Trinajstić information content (AvgIpc) is 3.28. The van der Waals surface area contributed by atoms with Gasteiger partial charge in [-0.1, -0.05) is 0 Å². The van der Waals surface area contributed by atoms with Crippen molar-refractivity contribution in [3.8, 4) is 0 Å². The number of carbonyl (C=O) groups is 1. The van der Waals surface area contributed by atoms with E-state index in [0.717, 1.165) is 17.9 Å². The van der Waals surface area contributed by atoms with Crippen molar-refractivity contribution >= 4 is 5.91 Å². The van der Waals surface area contributed by atoms with Crippen molar-refractivity contribution in [3.63, 3.8) is 0 Å². The Labute approximate surface area is 138 Å². The molecule has 0 aromatic carbocycles. The van der Waals surface area contributed by atoms with Crippen molar-refractivity contribution in [1.29, 1.82) is 0 Å². The number of aryl methyl sites for hydroxylation is 1. The van der Waals surface area contributed by atoms with Crippen molar-refractivity contribution in [1.82, 2.24) is 29.2 Å². The van der Waals surface area contributed by atoms with Crippen molar-refractivity contribution in [3.05, 3.63) is 54.5 Å². The minimum absolute atomic E-state index is 0.0995. The van der Waals surface area contributed by atoms with Crippen molar-refractivity contribution < 1.29 is 9.21 Å². The van der Waals surface area contributed by atoms with E-state index in [-0.39, 0.29) is 11.8 Å². The second-order valence-corrected chi connectivity index (χ2v) is 6.10. The summed E-state index contributed by atoms with van der Waals surface area (Å²) in [5.74, 6) is 1.39. The number of hydrogen-bond donors (Lipinski definition) is 0. The lowest BCUT2D eigenvalue weighted by Gasteiger charge is -2.23. The number of rotatable bonds is 3. The summed E-state index contributed by atoms with van der Waals surface area (Å²) in [4.78, 5) is 23.1. The summed E-state index contributed by atoms with van der Waals surface area (Å²) in [6.45, 7) is 4.44. The molecular formula is C16H18N6O2. The molecule has 0 radical (unpaired) electrons. The molecule has 1 aliphatic rings. The standard InChI is InChI=1S/C16H18N6O2/c1-12-2-5-24-15(12)16(23)21-7-13(8-22-11-17-10-19-22)6-20-4-3-18-14(20)9-21/h2-5,10-11,13H,6-9H2,1H3/t13-/m0/s1. The van der Waals surface area contributed by atoms with Crippen LogP contribution in [0.1, 0.15) is 21.9 Å². The molecule has 124 valence electrons. The highest BCUT2D eigenvalue weighted by atomic mass is 16.3. The first-order valence-corrected chi connectivity index (χ1v) is 7.86. The van der Waals surface area contributed by atoms with Gasteiger partial charge >= 0.3 is 0 Å². The lowest BCUT2D eigenvalue weighted by Crippen LogP contribution is -2.35. The van der Waals surface area contributed by atoms with E-state index in [1.54, 1.807) is 34.4 Å². The van der Waals surface area contributed by atoms with Crippen molar-refractivity contribution in [2.45, 2.75) is 26.6 Å². The summed E-state index contributed by atoms with van der Waals surface area (Å²) < 4.78 is 9.28. The maximum Gasteiger partial charge on any atom is 0.290 e. The van der Waals surface area contributed by atoms with Gasteiger partial charge in [-0.15, -0.1) is 0 Å². The Morgan fingerprint density at radius 3 is 3.08 bits per heavy atom. The summed E-state index contributed by atoms with van der Waals surface area (Å²) >= 11 is 0. The first-order valence-electron chi connectivity index (χ1n) is 7.86. The lowest BCUT2D eigenvalue weighted by atomic mass is 10.1. The third-order valence-corrected chi connectivity index (χ3v) is 4.32. The van der Waals surface area contributed by atoms with E-state index in [2.05, 4.69) is 19.6 Å². The molecule has 0 aliphatic carbocycles.